The van der Waals surface area contributed by atoms with Crippen LogP contribution in [0.1, 0.15) is 5.56 Å². The first kappa shape index (κ1) is 19.7. The van der Waals surface area contributed by atoms with Gasteiger partial charge in [0.25, 0.3) is 0 Å². The number of hydrogen-bond acceptors (Lipinski definition) is 5. The molecule has 0 radical (unpaired) electrons. The van der Waals surface area contributed by atoms with Crippen LogP contribution in [0.15, 0.2) is 65.6 Å². The summed E-state index contributed by atoms with van der Waals surface area (Å²) in [6.45, 7) is 0. The second kappa shape index (κ2) is 8.38. The van der Waals surface area contributed by atoms with Crippen molar-refractivity contribution in [2.75, 3.05) is 5.32 Å². The van der Waals surface area contributed by atoms with Crippen LogP contribution in [0.2, 0.25) is 5.02 Å². The molecule has 0 aliphatic heterocycles. The van der Waals surface area contributed by atoms with Crippen LogP contribution in [0.3, 0.4) is 0 Å². The Morgan fingerprint density at radius 2 is 1.80 bits per heavy atom. The third-order valence-corrected chi connectivity index (χ3v) is 4.55. The smallest absolute Gasteiger partial charge is 0.241 e. The molecule has 2 aromatic heterocycles. The van der Waals surface area contributed by atoms with Crippen LogP contribution in [0, 0.1) is 11.6 Å². The van der Waals surface area contributed by atoms with Crippen LogP contribution >= 0.6 is 11.6 Å². The molecule has 0 saturated heterocycles. The van der Waals surface area contributed by atoms with Crippen molar-refractivity contribution in [2.24, 2.45) is 0 Å². The Bertz CT molecular complexity index is 1180. The maximum atomic E-state index is 13.9. The largest absolute Gasteiger partial charge is 0.337 e. The monoisotopic (exact) mass is 426 g/mol. The van der Waals surface area contributed by atoms with E-state index in [1.54, 1.807) is 30.3 Å². The van der Waals surface area contributed by atoms with Crippen molar-refractivity contribution in [1.82, 2.24) is 15.1 Å². The quantitative estimate of drug-likeness (QED) is 0.490. The summed E-state index contributed by atoms with van der Waals surface area (Å²) in [6, 6.07) is 11.9. The Hall–Kier alpha value is -3.65. The number of aromatic nitrogens is 3. The Labute approximate surface area is 174 Å². The summed E-state index contributed by atoms with van der Waals surface area (Å²) in [7, 11) is 0. The number of halogens is 3. The Morgan fingerprint density at radius 1 is 1.07 bits per heavy atom. The number of hydrogen-bond donors (Lipinski definition) is 1. The van der Waals surface area contributed by atoms with Gasteiger partial charge in [-0.3, -0.25) is 10.1 Å². The van der Waals surface area contributed by atoms with Crippen molar-refractivity contribution in [1.29, 1.82) is 0 Å². The first-order valence-electron chi connectivity index (χ1n) is 8.77. The van der Waals surface area contributed by atoms with Gasteiger partial charge in [0.05, 0.1) is 17.7 Å². The lowest BCUT2D eigenvalue weighted by Gasteiger charge is -2.07. The number of carbonyl (C=O) groups is 1. The average Bonchev–Trinajstić information content (AvgIpc) is 3.15. The summed E-state index contributed by atoms with van der Waals surface area (Å²) in [5.74, 6) is -2.28. The van der Waals surface area contributed by atoms with E-state index < -0.39 is 24.0 Å². The van der Waals surface area contributed by atoms with Crippen molar-refractivity contribution in [3.05, 3.63) is 83.3 Å². The minimum Gasteiger partial charge on any atom is -0.337 e. The van der Waals surface area contributed by atoms with Gasteiger partial charge in [-0.1, -0.05) is 35.0 Å². The highest BCUT2D eigenvalue weighted by molar-refractivity contribution is 6.30. The predicted octanol–water partition coefficient (Wildman–Crippen LogP) is 4.91. The van der Waals surface area contributed by atoms with Crippen molar-refractivity contribution in [3.8, 4) is 22.5 Å². The molecule has 0 unspecified atom stereocenters. The SMILES string of the molecule is O=C(Cc1c(F)cccc1F)Nc1onc(-c2ccc(Cl)cc2)c1-c1ccncn1. The molecule has 6 nitrogen and oxygen atoms in total. The summed E-state index contributed by atoms with van der Waals surface area (Å²) < 4.78 is 33.1. The lowest BCUT2D eigenvalue weighted by atomic mass is 10.0. The number of nitrogens with zero attached hydrogens (tertiary/aromatic N) is 3. The predicted molar refractivity (Wildman–Crippen MR) is 107 cm³/mol. The van der Waals surface area contributed by atoms with Crippen molar-refractivity contribution < 1.29 is 18.1 Å². The second-order valence-corrected chi connectivity index (χ2v) is 6.70. The molecular formula is C21H13ClF2N4O2. The van der Waals surface area contributed by atoms with E-state index in [2.05, 4.69) is 20.4 Å². The van der Waals surface area contributed by atoms with Crippen LogP contribution in [0.5, 0.6) is 0 Å². The molecule has 0 aliphatic carbocycles. The minimum atomic E-state index is -0.805. The van der Waals surface area contributed by atoms with Crippen LogP contribution in [0.25, 0.3) is 22.5 Å². The number of amides is 1. The van der Waals surface area contributed by atoms with Gasteiger partial charge in [-0.25, -0.2) is 18.7 Å². The van der Waals surface area contributed by atoms with Gasteiger partial charge in [0.15, 0.2) is 0 Å². The first-order chi connectivity index (χ1) is 14.5. The van der Waals surface area contributed by atoms with Crippen molar-refractivity contribution in [2.45, 2.75) is 6.42 Å². The fourth-order valence-electron chi connectivity index (χ4n) is 2.89. The highest BCUT2D eigenvalue weighted by atomic mass is 35.5. The molecule has 9 heteroatoms. The summed E-state index contributed by atoms with van der Waals surface area (Å²) >= 11 is 5.95. The summed E-state index contributed by atoms with van der Waals surface area (Å²) in [5, 5.41) is 7.12. The third kappa shape index (κ3) is 4.04. The zero-order valence-electron chi connectivity index (χ0n) is 15.3. The highest BCUT2D eigenvalue weighted by Gasteiger charge is 2.23. The number of benzene rings is 2. The normalized spacial score (nSPS) is 10.8. The third-order valence-electron chi connectivity index (χ3n) is 4.30. The van der Waals surface area contributed by atoms with Crippen molar-refractivity contribution >= 4 is 23.4 Å². The molecule has 30 heavy (non-hydrogen) atoms. The molecule has 2 aromatic carbocycles. The van der Waals surface area contributed by atoms with E-state index in [1.165, 1.54) is 18.6 Å². The van der Waals surface area contributed by atoms with Gasteiger partial charge in [-0.2, -0.15) is 0 Å². The fraction of sp³-hybridized carbons (Fsp3) is 0.0476. The zero-order chi connectivity index (χ0) is 21.1. The van der Waals surface area contributed by atoms with E-state index in [0.29, 0.717) is 27.5 Å². The molecule has 1 N–H and O–H groups in total. The molecule has 0 saturated carbocycles. The molecule has 0 aliphatic rings. The van der Waals surface area contributed by atoms with Crippen LogP contribution in [-0.4, -0.2) is 21.0 Å². The van der Waals surface area contributed by atoms with Gasteiger partial charge in [0, 0.05) is 22.3 Å². The van der Waals surface area contributed by atoms with Crippen LogP contribution in [0.4, 0.5) is 14.7 Å². The maximum absolute atomic E-state index is 13.9. The summed E-state index contributed by atoms with van der Waals surface area (Å²) in [6.07, 6.45) is 2.36. The van der Waals surface area contributed by atoms with E-state index in [0.717, 1.165) is 12.1 Å². The average molecular weight is 427 g/mol. The van der Waals surface area contributed by atoms with Crippen LogP contribution < -0.4 is 5.32 Å². The van der Waals surface area contributed by atoms with E-state index in [-0.39, 0.29) is 11.4 Å². The summed E-state index contributed by atoms with van der Waals surface area (Å²) in [4.78, 5) is 20.6. The molecule has 0 atom stereocenters. The van der Waals surface area contributed by atoms with Gasteiger partial charge in [0.2, 0.25) is 11.8 Å². The molecule has 0 spiro atoms. The van der Waals surface area contributed by atoms with Gasteiger partial charge in [-0.15, -0.1) is 0 Å². The lowest BCUT2D eigenvalue weighted by Crippen LogP contribution is -2.16. The molecule has 2 heterocycles. The maximum Gasteiger partial charge on any atom is 0.241 e. The molecule has 0 bridgehead atoms. The molecule has 0 fully saturated rings. The minimum absolute atomic E-state index is 0.000368. The number of anilines is 1. The van der Waals surface area contributed by atoms with Gasteiger partial charge >= 0.3 is 0 Å². The zero-order valence-corrected chi connectivity index (χ0v) is 16.0. The topological polar surface area (TPSA) is 80.9 Å². The molecule has 4 aromatic rings. The number of nitrogens with one attached hydrogen (secondary N) is 1. The number of rotatable bonds is 5. The lowest BCUT2D eigenvalue weighted by molar-refractivity contribution is -0.115. The van der Waals surface area contributed by atoms with Crippen LogP contribution in [-0.2, 0) is 11.2 Å². The Balaban J connectivity index is 1.70. The summed E-state index contributed by atoms with van der Waals surface area (Å²) in [5.41, 5.74) is 1.61. The molecule has 1 amide bonds. The van der Waals surface area contributed by atoms with E-state index >= 15 is 0 Å². The van der Waals surface area contributed by atoms with E-state index in [4.69, 9.17) is 16.1 Å². The second-order valence-electron chi connectivity index (χ2n) is 6.26. The fourth-order valence-corrected chi connectivity index (χ4v) is 3.02. The van der Waals surface area contributed by atoms with Crippen molar-refractivity contribution in [3.63, 3.8) is 0 Å². The van der Waals surface area contributed by atoms with E-state index in [9.17, 15) is 13.6 Å². The van der Waals surface area contributed by atoms with Gasteiger partial charge in [-0.05, 0) is 30.3 Å². The highest BCUT2D eigenvalue weighted by Crippen LogP contribution is 2.37. The Morgan fingerprint density at radius 3 is 2.47 bits per heavy atom. The first-order valence-corrected chi connectivity index (χ1v) is 9.15. The Kier molecular flexibility index (Phi) is 5.49. The standard InChI is InChI=1S/C21H13ClF2N4O2/c22-13-6-4-12(5-7-13)20-19(17-8-9-25-11-26-17)21(30-28-20)27-18(29)10-14-15(23)2-1-3-16(14)24/h1-9,11H,10H2,(H,27,29). The molecule has 150 valence electrons. The van der Waals surface area contributed by atoms with E-state index in [1.807, 2.05) is 0 Å². The number of carbonyl (C=O) groups excluding carboxylic acids is 1. The molecule has 4 rings (SSSR count). The molecular weight excluding hydrogens is 414 g/mol. The van der Waals surface area contributed by atoms with Gasteiger partial charge < -0.3 is 4.52 Å². The van der Waals surface area contributed by atoms with Gasteiger partial charge in [0.1, 0.15) is 23.7 Å².